The molecule has 8 nitrogen and oxygen atoms in total. The molecule has 1 heterocycles. The van der Waals surface area contributed by atoms with Crippen molar-refractivity contribution in [1.82, 2.24) is 14.8 Å². The Morgan fingerprint density at radius 3 is 2.48 bits per heavy atom. The molecule has 0 saturated carbocycles. The predicted octanol–water partition coefficient (Wildman–Crippen LogP) is 5.54. The Balaban J connectivity index is 1.60. The molecule has 0 fully saturated rings. The maximum Gasteiger partial charge on any atom is 0.293 e. The Morgan fingerprint density at radius 1 is 1.06 bits per heavy atom. The number of halogens is 1. The summed E-state index contributed by atoms with van der Waals surface area (Å²) in [6.07, 6.45) is 0. The lowest BCUT2D eigenvalue weighted by Crippen LogP contribution is -2.16. The molecule has 0 atom stereocenters. The first-order valence-electron chi connectivity index (χ1n) is 9.87. The molecular formula is C23H18ClN5O3S. The lowest BCUT2D eigenvalue weighted by Gasteiger charge is -2.11. The van der Waals surface area contributed by atoms with Crippen molar-refractivity contribution in [2.75, 3.05) is 11.1 Å². The second kappa shape index (κ2) is 9.85. The number of anilines is 1. The van der Waals surface area contributed by atoms with Gasteiger partial charge in [-0.2, -0.15) is 0 Å². The molecule has 0 radical (unpaired) electrons. The van der Waals surface area contributed by atoms with Crippen LogP contribution in [0.2, 0.25) is 5.02 Å². The third kappa shape index (κ3) is 5.05. The fraction of sp³-hybridized carbons (Fsp3) is 0.0870. The molecule has 1 N–H and O–H groups in total. The molecule has 4 aromatic rings. The fourth-order valence-electron chi connectivity index (χ4n) is 3.23. The Kier molecular flexibility index (Phi) is 6.71. The van der Waals surface area contributed by atoms with Gasteiger partial charge in [0.05, 0.1) is 10.7 Å². The van der Waals surface area contributed by atoms with Gasteiger partial charge in [0, 0.05) is 22.3 Å². The van der Waals surface area contributed by atoms with Gasteiger partial charge in [-0.3, -0.25) is 19.5 Å². The summed E-state index contributed by atoms with van der Waals surface area (Å²) in [7, 11) is 0. The van der Waals surface area contributed by atoms with Crippen molar-refractivity contribution in [3.63, 3.8) is 0 Å². The van der Waals surface area contributed by atoms with Crippen molar-refractivity contribution >= 4 is 40.6 Å². The Hall–Kier alpha value is -3.69. The van der Waals surface area contributed by atoms with E-state index in [0.29, 0.717) is 21.6 Å². The molecule has 3 aromatic carbocycles. The van der Waals surface area contributed by atoms with E-state index in [1.165, 1.54) is 17.8 Å². The average molecular weight is 480 g/mol. The molecule has 10 heteroatoms. The number of nitro groups is 1. The molecule has 0 aliphatic carbocycles. The third-order valence-corrected chi connectivity index (χ3v) is 5.98. The van der Waals surface area contributed by atoms with Crippen LogP contribution in [-0.2, 0) is 4.79 Å². The molecule has 1 amide bonds. The number of carbonyl (C=O) groups excluding carboxylic acids is 1. The molecule has 0 aliphatic heterocycles. The minimum atomic E-state index is -0.514. The maximum absolute atomic E-state index is 12.6. The average Bonchev–Trinajstić information content (AvgIpc) is 3.24. The van der Waals surface area contributed by atoms with Gasteiger partial charge in [0.1, 0.15) is 5.69 Å². The minimum Gasteiger partial charge on any atom is -0.319 e. The number of nitrogens with one attached hydrogen (secondary N) is 1. The summed E-state index contributed by atoms with van der Waals surface area (Å²) < 4.78 is 1.86. The highest BCUT2D eigenvalue weighted by Crippen LogP contribution is 2.30. The number of benzene rings is 3. The highest BCUT2D eigenvalue weighted by atomic mass is 35.5. The Morgan fingerprint density at radius 2 is 1.79 bits per heavy atom. The van der Waals surface area contributed by atoms with Gasteiger partial charge in [-0.15, -0.1) is 10.2 Å². The number of aryl methyl sites for hydroxylation is 1. The van der Waals surface area contributed by atoms with E-state index in [1.807, 2.05) is 47.0 Å². The molecule has 166 valence electrons. The first-order valence-corrected chi connectivity index (χ1v) is 11.2. The largest absolute Gasteiger partial charge is 0.319 e. The maximum atomic E-state index is 12.6. The standard InChI is InChI=1S/C23H18ClN5O3S/c1-15-6-5-9-19(29(31)32)21(15)25-20(30)14-33-23-27-26-22(16-10-12-17(24)13-11-16)28(23)18-7-3-2-4-8-18/h2-13H,14H2,1H3,(H,25,30). The molecule has 0 unspecified atom stereocenters. The first-order chi connectivity index (χ1) is 15.9. The Bertz CT molecular complexity index is 1310. The number of thioether (sulfide) groups is 1. The topological polar surface area (TPSA) is 103 Å². The van der Waals surface area contributed by atoms with Crippen molar-refractivity contribution in [3.05, 3.63) is 93.5 Å². The van der Waals surface area contributed by atoms with E-state index < -0.39 is 4.92 Å². The smallest absolute Gasteiger partial charge is 0.293 e. The van der Waals surface area contributed by atoms with E-state index in [4.69, 9.17) is 11.6 Å². The zero-order valence-corrected chi connectivity index (χ0v) is 19.0. The minimum absolute atomic E-state index is 0.00290. The SMILES string of the molecule is Cc1cccc([N+](=O)[O-])c1NC(=O)CSc1nnc(-c2ccc(Cl)cc2)n1-c1ccccc1. The first kappa shape index (κ1) is 22.5. The summed E-state index contributed by atoms with van der Waals surface area (Å²) in [5.74, 6) is 0.222. The van der Waals surface area contributed by atoms with Crippen LogP contribution in [0.4, 0.5) is 11.4 Å². The molecule has 0 aliphatic rings. The van der Waals surface area contributed by atoms with Gasteiger partial charge >= 0.3 is 0 Å². The summed E-state index contributed by atoms with van der Waals surface area (Å²) in [6.45, 7) is 1.71. The van der Waals surface area contributed by atoms with Gasteiger partial charge in [0.2, 0.25) is 5.91 Å². The van der Waals surface area contributed by atoms with Crippen LogP contribution in [0.3, 0.4) is 0 Å². The van der Waals surface area contributed by atoms with Gasteiger partial charge in [-0.05, 0) is 48.9 Å². The van der Waals surface area contributed by atoms with Gasteiger partial charge in [0.25, 0.3) is 5.69 Å². The van der Waals surface area contributed by atoms with Crippen LogP contribution in [-0.4, -0.2) is 31.3 Å². The number of para-hydroxylation sites is 2. The van der Waals surface area contributed by atoms with Crippen molar-refractivity contribution in [2.24, 2.45) is 0 Å². The quantitative estimate of drug-likeness (QED) is 0.212. The van der Waals surface area contributed by atoms with E-state index in [0.717, 1.165) is 11.3 Å². The van der Waals surface area contributed by atoms with Crippen LogP contribution in [0.5, 0.6) is 0 Å². The summed E-state index contributed by atoms with van der Waals surface area (Å²) >= 11 is 7.21. The van der Waals surface area contributed by atoms with Crippen LogP contribution in [0.25, 0.3) is 17.1 Å². The molecule has 0 saturated heterocycles. The number of amides is 1. The van der Waals surface area contributed by atoms with E-state index in [1.54, 1.807) is 31.2 Å². The van der Waals surface area contributed by atoms with Gasteiger partial charge in [-0.1, -0.05) is 53.7 Å². The number of rotatable bonds is 7. The summed E-state index contributed by atoms with van der Waals surface area (Å²) in [5, 5.41) is 23.7. The van der Waals surface area contributed by atoms with Gasteiger partial charge in [-0.25, -0.2) is 0 Å². The fourth-order valence-corrected chi connectivity index (χ4v) is 4.11. The normalized spacial score (nSPS) is 10.7. The van der Waals surface area contributed by atoms with Crippen molar-refractivity contribution in [2.45, 2.75) is 12.1 Å². The highest BCUT2D eigenvalue weighted by molar-refractivity contribution is 7.99. The van der Waals surface area contributed by atoms with Crippen molar-refractivity contribution < 1.29 is 9.72 Å². The van der Waals surface area contributed by atoms with Crippen LogP contribution in [0, 0.1) is 17.0 Å². The number of hydrogen-bond acceptors (Lipinski definition) is 6. The lowest BCUT2D eigenvalue weighted by molar-refractivity contribution is -0.384. The second-order valence-corrected chi connectivity index (χ2v) is 8.43. The molecule has 0 bridgehead atoms. The van der Waals surface area contributed by atoms with Gasteiger partial charge < -0.3 is 5.32 Å². The number of hydrogen-bond donors (Lipinski definition) is 1. The highest BCUT2D eigenvalue weighted by Gasteiger charge is 2.20. The number of aromatic nitrogens is 3. The van der Waals surface area contributed by atoms with Crippen LogP contribution in [0.1, 0.15) is 5.56 Å². The molecule has 0 spiro atoms. The summed E-state index contributed by atoms with van der Waals surface area (Å²) in [4.78, 5) is 23.4. The van der Waals surface area contributed by atoms with Crippen LogP contribution < -0.4 is 5.32 Å². The van der Waals surface area contributed by atoms with Crippen LogP contribution in [0.15, 0.2) is 78.0 Å². The summed E-state index contributed by atoms with van der Waals surface area (Å²) in [6, 6.07) is 21.5. The molecule has 1 aromatic heterocycles. The zero-order chi connectivity index (χ0) is 23.4. The molecular weight excluding hydrogens is 462 g/mol. The third-order valence-electron chi connectivity index (χ3n) is 4.79. The van der Waals surface area contributed by atoms with Crippen LogP contribution >= 0.6 is 23.4 Å². The monoisotopic (exact) mass is 479 g/mol. The number of nitrogens with zero attached hydrogens (tertiary/aromatic N) is 4. The predicted molar refractivity (Wildman–Crippen MR) is 129 cm³/mol. The molecule has 4 rings (SSSR count). The number of nitro benzene ring substituents is 1. The second-order valence-electron chi connectivity index (χ2n) is 7.05. The van der Waals surface area contributed by atoms with E-state index in [-0.39, 0.29) is 23.0 Å². The van der Waals surface area contributed by atoms with Crippen molar-refractivity contribution in [1.29, 1.82) is 0 Å². The van der Waals surface area contributed by atoms with E-state index >= 15 is 0 Å². The molecule has 33 heavy (non-hydrogen) atoms. The van der Waals surface area contributed by atoms with Gasteiger partial charge in [0.15, 0.2) is 11.0 Å². The summed E-state index contributed by atoms with van der Waals surface area (Å²) in [5.41, 5.74) is 2.32. The van der Waals surface area contributed by atoms with E-state index in [9.17, 15) is 14.9 Å². The Labute approximate surface area is 198 Å². The van der Waals surface area contributed by atoms with E-state index in [2.05, 4.69) is 15.5 Å². The zero-order valence-electron chi connectivity index (χ0n) is 17.4. The number of carbonyl (C=O) groups is 1. The van der Waals surface area contributed by atoms with Crippen molar-refractivity contribution in [3.8, 4) is 17.1 Å². The lowest BCUT2D eigenvalue weighted by atomic mass is 10.1.